The highest BCUT2D eigenvalue weighted by Gasteiger charge is 2.33. The molecule has 0 aliphatic heterocycles. The topological polar surface area (TPSA) is 17.1 Å². The Morgan fingerprint density at radius 1 is 0.824 bits per heavy atom. The molecule has 0 radical (unpaired) electrons. The largest absolute Gasteiger partial charge is 0.259 e. The second kappa shape index (κ2) is 5.86. The summed E-state index contributed by atoms with van der Waals surface area (Å²) in [7, 11) is -0.549. The van der Waals surface area contributed by atoms with E-state index in [-0.39, 0.29) is 0 Å². The maximum absolute atomic E-state index is 12.7. The molecule has 0 spiro atoms. The minimum Gasteiger partial charge on any atom is -0.259 e. The number of hydrogen-bond acceptors (Lipinski definition) is 1. The van der Waals surface area contributed by atoms with Gasteiger partial charge in [-0.15, -0.1) is 0 Å². The molecule has 0 aromatic rings. The van der Waals surface area contributed by atoms with Crippen LogP contribution in [0.15, 0.2) is 0 Å². The monoisotopic (exact) mass is 256 g/mol. The molecule has 6 unspecified atom stereocenters. The molecule has 0 heterocycles. The molecule has 0 aromatic carbocycles. The average Bonchev–Trinajstić information content (AvgIpc) is 2.32. The van der Waals surface area contributed by atoms with Crippen molar-refractivity contribution >= 4 is 10.8 Å². The molecule has 2 aliphatic rings. The third-order valence-electron chi connectivity index (χ3n) is 5.10. The third-order valence-corrected chi connectivity index (χ3v) is 7.27. The van der Waals surface area contributed by atoms with Crippen LogP contribution >= 0.6 is 0 Å². The van der Waals surface area contributed by atoms with Gasteiger partial charge in [0.1, 0.15) is 0 Å². The van der Waals surface area contributed by atoms with Gasteiger partial charge < -0.3 is 0 Å². The molecule has 6 atom stereocenters. The average molecular weight is 256 g/mol. The first-order valence-corrected chi connectivity index (χ1v) is 8.75. The van der Waals surface area contributed by atoms with Gasteiger partial charge in [-0.3, -0.25) is 4.21 Å². The summed E-state index contributed by atoms with van der Waals surface area (Å²) >= 11 is 0. The maximum atomic E-state index is 12.7. The number of rotatable bonds is 2. The lowest BCUT2D eigenvalue weighted by Crippen LogP contribution is -2.35. The first-order valence-electron chi connectivity index (χ1n) is 7.47. The van der Waals surface area contributed by atoms with Crippen molar-refractivity contribution < 1.29 is 4.21 Å². The van der Waals surface area contributed by atoms with E-state index < -0.39 is 10.8 Å². The fourth-order valence-corrected chi connectivity index (χ4v) is 5.89. The van der Waals surface area contributed by atoms with Crippen LogP contribution in [0.4, 0.5) is 0 Å². The van der Waals surface area contributed by atoms with Gasteiger partial charge >= 0.3 is 0 Å². The highest BCUT2D eigenvalue weighted by Crippen LogP contribution is 2.36. The van der Waals surface area contributed by atoms with E-state index in [9.17, 15) is 4.21 Å². The van der Waals surface area contributed by atoms with Crippen molar-refractivity contribution in [2.75, 3.05) is 0 Å². The molecule has 17 heavy (non-hydrogen) atoms. The molecular formula is C15H28OS. The molecule has 2 rings (SSSR count). The molecule has 1 nitrogen and oxygen atoms in total. The second-order valence-corrected chi connectivity index (χ2v) is 8.60. The van der Waals surface area contributed by atoms with Crippen molar-refractivity contribution in [3.63, 3.8) is 0 Å². The van der Waals surface area contributed by atoms with E-state index in [1.165, 1.54) is 44.9 Å². The molecule has 2 aliphatic carbocycles. The van der Waals surface area contributed by atoms with Crippen LogP contribution in [0.2, 0.25) is 0 Å². The highest BCUT2D eigenvalue weighted by atomic mass is 32.2. The molecule has 0 bridgehead atoms. The minimum absolute atomic E-state index is 0.511. The van der Waals surface area contributed by atoms with Crippen molar-refractivity contribution in [1.29, 1.82) is 0 Å². The van der Waals surface area contributed by atoms with E-state index in [0.29, 0.717) is 10.5 Å². The standard InChI is InChI=1S/C15H28OS/c1-11-5-4-6-14(9-11)17(16)15-8-7-12(2)13(3)10-15/h11-15H,4-10H2,1-3H3. The van der Waals surface area contributed by atoms with Crippen LogP contribution in [0.3, 0.4) is 0 Å². The quantitative estimate of drug-likeness (QED) is 0.726. The summed E-state index contributed by atoms with van der Waals surface area (Å²) in [5.74, 6) is 2.42. The highest BCUT2D eigenvalue weighted by molar-refractivity contribution is 7.86. The van der Waals surface area contributed by atoms with Crippen molar-refractivity contribution in [2.45, 2.75) is 76.2 Å². The van der Waals surface area contributed by atoms with Gasteiger partial charge in [0.25, 0.3) is 0 Å². The van der Waals surface area contributed by atoms with Crippen molar-refractivity contribution in [1.82, 2.24) is 0 Å². The fraction of sp³-hybridized carbons (Fsp3) is 1.00. The van der Waals surface area contributed by atoms with E-state index in [1.54, 1.807) is 0 Å². The Morgan fingerprint density at radius 2 is 1.53 bits per heavy atom. The van der Waals surface area contributed by atoms with Crippen LogP contribution in [0.1, 0.15) is 65.7 Å². The van der Waals surface area contributed by atoms with Crippen LogP contribution in [0, 0.1) is 17.8 Å². The summed E-state index contributed by atoms with van der Waals surface area (Å²) in [6, 6.07) is 0. The molecule has 0 saturated heterocycles. The normalized spacial score (nSPS) is 45.5. The van der Waals surface area contributed by atoms with Crippen LogP contribution < -0.4 is 0 Å². The summed E-state index contributed by atoms with van der Waals surface area (Å²) < 4.78 is 12.7. The van der Waals surface area contributed by atoms with E-state index in [1.807, 2.05) is 0 Å². The van der Waals surface area contributed by atoms with Crippen molar-refractivity contribution in [3.05, 3.63) is 0 Å². The van der Waals surface area contributed by atoms with Gasteiger partial charge in [0, 0.05) is 21.3 Å². The van der Waals surface area contributed by atoms with Crippen molar-refractivity contribution in [3.8, 4) is 0 Å². The van der Waals surface area contributed by atoms with Crippen LogP contribution in [-0.4, -0.2) is 14.7 Å². The molecule has 100 valence electrons. The van der Waals surface area contributed by atoms with Crippen LogP contribution in [0.25, 0.3) is 0 Å². The third kappa shape index (κ3) is 3.33. The van der Waals surface area contributed by atoms with Gasteiger partial charge in [-0.1, -0.05) is 33.6 Å². The van der Waals surface area contributed by atoms with Gasteiger partial charge in [-0.25, -0.2) is 0 Å². The lowest BCUT2D eigenvalue weighted by atomic mass is 9.81. The molecule has 0 N–H and O–H groups in total. The van der Waals surface area contributed by atoms with Crippen molar-refractivity contribution in [2.24, 2.45) is 17.8 Å². The Labute approximate surface area is 109 Å². The van der Waals surface area contributed by atoms with Gasteiger partial charge in [0.2, 0.25) is 0 Å². The lowest BCUT2D eigenvalue weighted by molar-refractivity contribution is 0.279. The van der Waals surface area contributed by atoms with Gasteiger partial charge in [0.15, 0.2) is 0 Å². The Hall–Kier alpha value is 0.150. The van der Waals surface area contributed by atoms with E-state index in [0.717, 1.165) is 17.8 Å². The fourth-order valence-electron chi connectivity index (χ4n) is 3.57. The molecule has 2 fully saturated rings. The number of hydrogen-bond donors (Lipinski definition) is 0. The molecule has 0 amide bonds. The Bertz CT molecular complexity index is 276. The first kappa shape index (κ1) is 13.6. The molecule has 2 heteroatoms. The maximum Gasteiger partial charge on any atom is 0.0353 e. The Balaban J connectivity index is 1.91. The van der Waals surface area contributed by atoms with E-state index in [4.69, 9.17) is 0 Å². The zero-order valence-corrected chi connectivity index (χ0v) is 12.5. The zero-order valence-electron chi connectivity index (χ0n) is 11.7. The second-order valence-electron chi connectivity index (χ2n) is 6.61. The lowest BCUT2D eigenvalue weighted by Gasteiger charge is -2.35. The van der Waals surface area contributed by atoms with E-state index in [2.05, 4.69) is 20.8 Å². The summed E-state index contributed by atoms with van der Waals surface area (Å²) in [5, 5.41) is 1.03. The van der Waals surface area contributed by atoms with E-state index >= 15 is 0 Å². The molecular weight excluding hydrogens is 228 g/mol. The molecule has 0 aromatic heterocycles. The summed E-state index contributed by atoms with van der Waals surface area (Å²) in [5.41, 5.74) is 0. The minimum atomic E-state index is -0.549. The summed E-state index contributed by atoms with van der Waals surface area (Å²) in [6.07, 6.45) is 8.80. The Kier molecular flexibility index (Phi) is 4.68. The SMILES string of the molecule is CC1CCCC(S(=O)C2CCC(C)C(C)C2)C1. The van der Waals surface area contributed by atoms with Crippen LogP contribution in [0.5, 0.6) is 0 Å². The summed E-state index contributed by atoms with van der Waals surface area (Å²) in [6.45, 7) is 7.03. The Morgan fingerprint density at radius 3 is 2.18 bits per heavy atom. The zero-order chi connectivity index (χ0) is 12.4. The predicted octanol–water partition coefficient (Wildman–Crippen LogP) is 4.14. The summed E-state index contributed by atoms with van der Waals surface area (Å²) in [4.78, 5) is 0. The smallest absolute Gasteiger partial charge is 0.0353 e. The van der Waals surface area contributed by atoms with Crippen LogP contribution in [-0.2, 0) is 10.8 Å². The first-order chi connectivity index (χ1) is 8.08. The van der Waals surface area contributed by atoms with Gasteiger partial charge in [-0.05, 0) is 49.9 Å². The van der Waals surface area contributed by atoms with Gasteiger partial charge in [-0.2, -0.15) is 0 Å². The predicted molar refractivity (Wildman–Crippen MR) is 75.5 cm³/mol. The van der Waals surface area contributed by atoms with Gasteiger partial charge in [0.05, 0.1) is 0 Å². The molecule has 2 saturated carbocycles.